The zero-order valence-electron chi connectivity index (χ0n) is 9.98. The van der Waals surface area contributed by atoms with E-state index in [1.807, 2.05) is 12.1 Å². The molecule has 0 spiro atoms. The lowest BCUT2D eigenvalue weighted by atomic mass is 9.94. The molecule has 1 aromatic heterocycles. The van der Waals surface area contributed by atoms with E-state index in [1.165, 1.54) is 6.42 Å². The lowest BCUT2D eigenvalue weighted by molar-refractivity contribution is 0.206. The topological polar surface area (TPSA) is 54.2 Å². The molecule has 0 saturated carbocycles. The summed E-state index contributed by atoms with van der Waals surface area (Å²) in [5.74, 6) is 1.23. The summed E-state index contributed by atoms with van der Waals surface area (Å²) in [6.45, 7) is 4.60. The normalized spacial score (nSPS) is 26.6. The Kier molecular flexibility index (Phi) is 3.29. The molecule has 1 fully saturated rings. The van der Waals surface area contributed by atoms with Gasteiger partial charge >= 0.3 is 0 Å². The molecule has 0 aromatic carbocycles. The van der Waals surface area contributed by atoms with Gasteiger partial charge < -0.3 is 16.0 Å². The van der Waals surface area contributed by atoms with Crippen LogP contribution in [0.25, 0.3) is 0 Å². The number of nitrogens with two attached hydrogens (primary N) is 1. The van der Waals surface area contributed by atoms with E-state index in [2.05, 4.69) is 29.2 Å². The summed E-state index contributed by atoms with van der Waals surface area (Å²) in [6.07, 6.45) is 2.99. The molecule has 2 atom stereocenters. The van der Waals surface area contributed by atoms with E-state index in [1.54, 1.807) is 6.20 Å². The first-order valence-corrected chi connectivity index (χ1v) is 5.82. The monoisotopic (exact) mass is 220 g/mol. The Labute approximate surface area is 96.8 Å². The van der Waals surface area contributed by atoms with Gasteiger partial charge in [0.2, 0.25) is 0 Å². The van der Waals surface area contributed by atoms with Gasteiger partial charge in [0.15, 0.2) is 0 Å². The predicted octanol–water partition coefficient (Wildman–Crippen LogP) is 1.42. The molecule has 4 nitrogen and oxygen atoms in total. The molecule has 4 heteroatoms. The summed E-state index contributed by atoms with van der Waals surface area (Å²) >= 11 is 0. The van der Waals surface area contributed by atoms with Crippen LogP contribution in [0.1, 0.15) is 13.3 Å². The lowest BCUT2D eigenvalue weighted by Crippen LogP contribution is -2.43. The summed E-state index contributed by atoms with van der Waals surface area (Å²) < 4.78 is 0. The Hall–Kier alpha value is -1.29. The average Bonchev–Trinajstić information content (AvgIpc) is 2.25. The number of anilines is 2. The van der Waals surface area contributed by atoms with Crippen LogP contribution in [0.3, 0.4) is 0 Å². The highest BCUT2D eigenvalue weighted by Crippen LogP contribution is 2.20. The fourth-order valence-electron chi connectivity index (χ4n) is 2.27. The van der Waals surface area contributed by atoms with E-state index in [4.69, 9.17) is 5.73 Å². The highest BCUT2D eigenvalue weighted by molar-refractivity contribution is 5.46. The second-order valence-electron chi connectivity index (χ2n) is 4.75. The molecule has 2 heterocycles. The fourth-order valence-corrected chi connectivity index (χ4v) is 2.27. The van der Waals surface area contributed by atoms with Gasteiger partial charge in [-0.05, 0) is 38.1 Å². The first-order valence-electron chi connectivity index (χ1n) is 5.82. The minimum Gasteiger partial charge on any atom is -0.384 e. The van der Waals surface area contributed by atoms with Crippen molar-refractivity contribution in [2.24, 2.45) is 5.92 Å². The molecule has 0 radical (unpaired) electrons. The third kappa shape index (κ3) is 2.64. The summed E-state index contributed by atoms with van der Waals surface area (Å²) in [6, 6.07) is 4.37. The highest BCUT2D eigenvalue weighted by atomic mass is 15.1. The van der Waals surface area contributed by atoms with Crippen molar-refractivity contribution in [2.75, 3.05) is 31.2 Å². The molecule has 1 saturated heterocycles. The van der Waals surface area contributed by atoms with Crippen LogP contribution in [0.2, 0.25) is 0 Å². The van der Waals surface area contributed by atoms with Crippen molar-refractivity contribution < 1.29 is 0 Å². The summed E-state index contributed by atoms with van der Waals surface area (Å²) in [5, 5.41) is 3.53. The Morgan fingerprint density at radius 2 is 2.31 bits per heavy atom. The Morgan fingerprint density at radius 3 is 2.94 bits per heavy atom. The quantitative estimate of drug-likeness (QED) is 0.791. The number of aromatic nitrogens is 1. The molecular weight excluding hydrogens is 200 g/mol. The van der Waals surface area contributed by atoms with Crippen molar-refractivity contribution in [1.29, 1.82) is 0 Å². The van der Waals surface area contributed by atoms with Crippen molar-refractivity contribution >= 4 is 11.5 Å². The van der Waals surface area contributed by atoms with Crippen LogP contribution >= 0.6 is 0 Å². The maximum atomic E-state index is 5.56. The minimum absolute atomic E-state index is 0.543. The van der Waals surface area contributed by atoms with Crippen molar-refractivity contribution in [1.82, 2.24) is 9.88 Å². The van der Waals surface area contributed by atoms with Crippen LogP contribution in [0, 0.1) is 5.92 Å². The third-order valence-corrected chi connectivity index (χ3v) is 3.25. The highest BCUT2D eigenvalue weighted by Gasteiger charge is 2.23. The zero-order valence-corrected chi connectivity index (χ0v) is 9.98. The Morgan fingerprint density at radius 1 is 1.50 bits per heavy atom. The molecule has 3 N–H and O–H groups in total. The number of hydrogen-bond donors (Lipinski definition) is 2. The molecule has 0 aliphatic carbocycles. The van der Waals surface area contributed by atoms with Crippen LogP contribution in [0.4, 0.5) is 11.5 Å². The van der Waals surface area contributed by atoms with Gasteiger partial charge in [-0.15, -0.1) is 0 Å². The maximum Gasteiger partial charge on any atom is 0.123 e. The smallest absolute Gasteiger partial charge is 0.123 e. The molecule has 16 heavy (non-hydrogen) atoms. The van der Waals surface area contributed by atoms with E-state index in [-0.39, 0.29) is 0 Å². The van der Waals surface area contributed by atoms with Crippen molar-refractivity contribution in [3.63, 3.8) is 0 Å². The Bertz CT molecular complexity index is 335. The van der Waals surface area contributed by atoms with Gasteiger partial charge in [0.1, 0.15) is 5.82 Å². The van der Waals surface area contributed by atoms with Crippen LogP contribution in [-0.4, -0.2) is 36.1 Å². The molecule has 0 bridgehead atoms. The van der Waals surface area contributed by atoms with Gasteiger partial charge in [-0.25, -0.2) is 4.98 Å². The largest absolute Gasteiger partial charge is 0.384 e. The molecule has 1 aliphatic heterocycles. The molecular formula is C12H20N4. The molecule has 2 unspecified atom stereocenters. The summed E-state index contributed by atoms with van der Waals surface area (Å²) in [4.78, 5) is 6.47. The summed E-state index contributed by atoms with van der Waals surface area (Å²) in [5.41, 5.74) is 6.63. The number of nitrogens with zero attached hydrogens (tertiary/aromatic N) is 2. The van der Waals surface area contributed by atoms with Gasteiger partial charge in [0.05, 0.1) is 11.9 Å². The first-order chi connectivity index (χ1) is 7.65. The van der Waals surface area contributed by atoms with Crippen molar-refractivity contribution in [3.8, 4) is 0 Å². The van der Waals surface area contributed by atoms with Gasteiger partial charge in [-0.1, -0.05) is 6.92 Å². The first kappa shape index (κ1) is 11.2. The minimum atomic E-state index is 0.543. The molecule has 2 rings (SSSR count). The lowest BCUT2D eigenvalue weighted by Gasteiger charge is -2.35. The maximum absolute atomic E-state index is 5.56. The number of likely N-dealkylation sites (tertiary alicyclic amines) is 1. The van der Waals surface area contributed by atoms with Gasteiger partial charge in [-0.3, -0.25) is 0 Å². The molecule has 88 valence electrons. The standard InChI is InChI=1S/C12H20N4/c1-9-8-16(2)6-5-11(9)15-10-3-4-12(13)14-7-10/h3-4,7,9,11,15H,5-6,8H2,1-2H3,(H2,13,14). The fraction of sp³-hybridized carbons (Fsp3) is 0.583. The number of hydrogen-bond acceptors (Lipinski definition) is 4. The number of nitrogen functional groups attached to an aromatic ring is 1. The third-order valence-electron chi connectivity index (χ3n) is 3.25. The molecule has 1 aliphatic rings. The zero-order chi connectivity index (χ0) is 11.5. The van der Waals surface area contributed by atoms with E-state index >= 15 is 0 Å². The van der Waals surface area contributed by atoms with Crippen molar-refractivity contribution in [2.45, 2.75) is 19.4 Å². The average molecular weight is 220 g/mol. The van der Waals surface area contributed by atoms with Crippen molar-refractivity contribution in [3.05, 3.63) is 18.3 Å². The van der Waals surface area contributed by atoms with Crippen LogP contribution in [-0.2, 0) is 0 Å². The summed E-state index contributed by atoms with van der Waals surface area (Å²) in [7, 11) is 2.18. The second kappa shape index (κ2) is 4.70. The van der Waals surface area contributed by atoms with Crippen LogP contribution in [0.5, 0.6) is 0 Å². The molecule has 1 aromatic rings. The predicted molar refractivity (Wildman–Crippen MR) is 67.3 cm³/mol. The number of nitrogens with one attached hydrogen (secondary N) is 1. The number of piperidine rings is 1. The second-order valence-corrected chi connectivity index (χ2v) is 4.75. The van der Waals surface area contributed by atoms with Gasteiger partial charge in [-0.2, -0.15) is 0 Å². The number of rotatable bonds is 2. The van der Waals surface area contributed by atoms with Crippen LogP contribution in [0.15, 0.2) is 18.3 Å². The Balaban J connectivity index is 1.96. The van der Waals surface area contributed by atoms with E-state index in [0.29, 0.717) is 17.8 Å². The van der Waals surface area contributed by atoms with E-state index < -0.39 is 0 Å². The van der Waals surface area contributed by atoms with Crippen LogP contribution < -0.4 is 11.1 Å². The molecule has 0 amide bonds. The SMILES string of the molecule is CC1CN(C)CCC1Nc1ccc(N)nc1. The van der Waals surface area contributed by atoms with E-state index in [0.717, 1.165) is 18.8 Å². The number of pyridine rings is 1. The van der Waals surface area contributed by atoms with Gasteiger partial charge in [0.25, 0.3) is 0 Å². The van der Waals surface area contributed by atoms with Gasteiger partial charge in [0, 0.05) is 12.6 Å². The van der Waals surface area contributed by atoms with E-state index in [9.17, 15) is 0 Å².